The first-order valence-corrected chi connectivity index (χ1v) is 5.04. The fourth-order valence-electron chi connectivity index (χ4n) is 1.16. The van der Waals surface area contributed by atoms with Gasteiger partial charge in [-0.15, -0.1) is 0 Å². The molecule has 0 aliphatic rings. The Labute approximate surface area is 104 Å². The Bertz CT molecular complexity index is 455. The highest BCUT2D eigenvalue weighted by Gasteiger charge is 2.10. The number of nitrogens with one attached hydrogen (secondary N) is 1. The lowest BCUT2D eigenvalue weighted by atomic mass is 10.1. The summed E-state index contributed by atoms with van der Waals surface area (Å²) in [4.78, 5) is 21.2. The Balaban J connectivity index is 2.94. The van der Waals surface area contributed by atoms with E-state index in [1.165, 1.54) is 50.9 Å². The highest BCUT2D eigenvalue weighted by Crippen LogP contribution is 2.08. The highest BCUT2D eigenvalue weighted by molar-refractivity contribution is 6.21. The lowest BCUT2D eigenvalue weighted by molar-refractivity contribution is 0.102. The number of rotatable bonds is 6. The van der Waals surface area contributed by atoms with Gasteiger partial charge in [0.15, 0.2) is 5.78 Å². The number of carbonyl (C=O) groups excluding carboxylic acids is 1. The number of Topliss-reactive ketones (excluding diaryl/α,β-unsaturated/α-hetero) is 1. The third-order valence-electron chi connectivity index (χ3n) is 2.00. The lowest BCUT2D eigenvalue weighted by Gasteiger charge is -2.02. The Hall–Kier alpha value is -2.21. The van der Waals surface area contributed by atoms with Crippen LogP contribution in [-0.4, -0.2) is 26.2 Å². The minimum atomic E-state index is -0.405. The Kier molecular flexibility index (Phi) is 5.53. The molecular weight excluding hydrogens is 239 g/mol. The van der Waals surface area contributed by atoms with E-state index in [2.05, 4.69) is 20.3 Å². The molecular formula is C12H13FN2O3. The van der Waals surface area contributed by atoms with Crippen LogP contribution in [0.3, 0.4) is 0 Å². The molecule has 0 saturated carbocycles. The number of benzene rings is 1. The van der Waals surface area contributed by atoms with Crippen LogP contribution in [0.15, 0.2) is 41.2 Å². The standard InChI is InChI=1S/C12H13FN2O3/c1-17-14-7-10(8-15-18-2)12(16)9-3-5-11(13)6-4-9/h3-8,14H,1-2H3/b10-7-,15-8-. The lowest BCUT2D eigenvalue weighted by Crippen LogP contribution is -2.11. The van der Waals surface area contributed by atoms with Crippen molar-refractivity contribution in [1.82, 2.24) is 5.48 Å². The summed E-state index contributed by atoms with van der Waals surface area (Å²) in [6.45, 7) is 0. The summed E-state index contributed by atoms with van der Waals surface area (Å²) in [5, 5.41) is 3.51. The van der Waals surface area contributed by atoms with Crippen molar-refractivity contribution in [2.24, 2.45) is 5.16 Å². The smallest absolute Gasteiger partial charge is 0.196 e. The molecule has 1 aromatic carbocycles. The molecule has 0 atom stereocenters. The van der Waals surface area contributed by atoms with Crippen LogP contribution in [0, 0.1) is 5.82 Å². The van der Waals surface area contributed by atoms with E-state index in [-0.39, 0.29) is 11.4 Å². The summed E-state index contributed by atoms with van der Waals surface area (Å²) in [6, 6.07) is 5.20. The topological polar surface area (TPSA) is 59.9 Å². The summed E-state index contributed by atoms with van der Waals surface area (Å²) in [5.41, 5.74) is 2.97. The number of nitrogens with zero attached hydrogens (tertiary/aromatic N) is 1. The SMILES string of the molecule is CO/N=C\C(=C\NOC)C(=O)c1ccc(F)cc1. The van der Waals surface area contributed by atoms with Crippen LogP contribution >= 0.6 is 0 Å². The second-order valence-electron chi connectivity index (χ2n) is 3.17. The zero-order chi connectivity index (χ0) is 13.4. The fraction of sp³-hybridized carbons (Fsp3) is 0.167. The van der Waals surface area contributed by atoms with Gasteiger partial charge < -0.3 is 4.84 Å². The average molecular weight is 252 g/mol. The van der Waals surface area contributed by atoms with Gasteiger partial charge in [-0.25, -0.2) is 4.39 Å². The largest absolute Gasteiger partial charge is 0.399 e. The summed E-state index contributed by atoms with van der Waals surface area (Å²) >= 11 is 0. The van der Waals surface area contributed by atoms with Crippen LogP contribution in [-0.2, 0) is 9.68 Å². The first kappa shape index (κ1) is 13.9. The molecule has 18 heavy (non-hydrogen) atoms. The molecule has 0 aliphatic heterocycles. The van der Waals surface area contributed by atoms with Gasteiger partial charge >= 0.3 is 0 Å². The molecule has 0 radical (unpaired) electrons. The molecule has 0 aliphatic carbocycles. The van der Waals surface area contributed by atoms with E-state index >= 15 is 0 Å². The number of allylic oxidation sites excluding steroid dienone is 1. The molecule has 0 unspecified atom stereocenters. The van der Waals surface area contributed by atoms with Gasteiger partial charge in [0.25, 0.3) is 0 Å². The highest BCUT2D eigenvalue weighted by atomic mass is 19.1. The molecule has 1 N–H and O–H groups in total. The maximum absolute atomic E-state index is 12.8. The summed E-state index contributed by atoms with van der Waals surface area (Å²) in [7, 11) is 2.77. The van der Waals surface area contributed by atoms with E-state index in [0.717, 1.165) is 0 Å². The summed E-state index contributed by atoms with van der Waals surface area (Å²) in [6.07, 6.45) is 2.56. The van der Waals surface area contributed by atoms with Crippen molar-refractivity contribution in [3.63, 3.8) is 0 Å². The Morgan fingerprint density at radius 3 is 2.56 bits per heavy atom. The third kappa shape index (κ3) is 3.99. The molecule has 0 bridgehead atoms. The van der Waals surface area contributed by atoms with Gasteiger partial charge in [-0.2, -0.15) is 0 Å². The van der Waals surface area contributed by atoms with Crippen LogP contribution in [0.1, 0.15) is 10.4 Å². The van der Waals surface area contributed by atoms with Crippen molar-refractivity contribution in [3.8, 4) is 0 Å². The molecule has 6 heteroatoms. The molecule has 0 saturated heterocycles. The number of hydroxylamine groups is 1. The Morgan fingerprint density at radius 2 is 2.00 bits per heavy atom. The first-order valence-electron chi connectivity index (χ1n) is 5.04. The van der Waals surface area contributed by atoms with E-state index in [9.17, 15) is 9.18 Å². The predicted molar refractivity (Wildman–Crippen MR) is 64.5 cm³/mol. The van der Waals surface area contributed by atoms with Crippen molar-refractivity contribution >= 4 is 12.0 Å². The minimum absolute atomic E-state index is 0.213. The van der Waals surface area contributed by atoms with Crippen molar-refractivity contribution in [2.75, 3.05) is 14.2 Å². The molecule has 0 aromatic heterocycles. The van der Waals surface area contributed by atoms with E-state index < -0.39 is 5.82 Å². The maximum Gasteiger partial charge on any atom is 0.196 e. The average Bonchev–Trinajstić information content (AvgIpc) is 2.39. The number of hydrogen-bond acceptors (Lipinski definition) is 5. The molecule has 1 rings (SSSR count). The molecule has 0 amide bonds. The molecule has 0 heterocycles. The van der Waals surface area contributed by atoms with Crippen molar-refractivity contribution in [2.45, 2.75) is 0 Å². The fourth-order valence-corrected chi connectivity index (χ4v) is 1.16. The molecule has 96 valence electrons. The number of hydrogen-bond donors (Lipinski definition) is 1. The van der Waals surface area contributed by atoms with Crippen LogP contribution < -0.4 is 5.48 Å². The second kappa shape index (κ2) is 7.18. The van der Waals surface area contributed by atoms with Gasteiger partial charge in [-0.05, 0) is 24.3 Å². The van der Waals surface area contributed by atoms with Crippen LogP contribution in [0.2, 0.25) is 0 Å². The molecule has 0 fully saturated rings. The Morgan fingerprint density at radius 1 is 1.33 bits per heavy atom. The zero-order valence-corrected chi connectivity index (χ0v) is 10.0. The van der Waals surface area contributed by atoms with Gasteiger partial charge in [0, 0.05) is 11.8 Å². The van der Waals surface area contributed by atoms with Crippen LogP contribution in [0.4, 0.5) is 4.39 Å². The summed E-state index contributed by atoms with van der Waals surface area (Å²) < 4.78 is 12.8. The van der Waals surface area contributed by atoms with Crippen molar-refractivity contribution in [1.29, 1.82) is 0 Å². The maximum atomic E-state index is 12.8. The molecule has 1 aromatic rings. The van der Waals surface area contributed by atoms with E-state index in [4.69, 9.17) is 0 Å². The predicted octanol–water partition coefficient (Wildman–Crippen LogP) is 1.68. The number of halogens is 1. The zero-order valence-electron chi connectivity index (χ0n) is 10.0. The van der Waals surface area contributed by atoms with E-state index in [1.54, 1.807) is 0 Å². The number of oxime groups is 1. The van der Waals surface area contributed by atoms with Crippen LogP contribution in [0.5, 0.6) is 0 Å². The van der Waals surface area contributed by atoms with Crippen LogP contribution in [0.25, 0.3) is 0 Å². The third-order valence-corrected chi connectivity index (χ3v) is 2.00. The number of ketones is 1. The monoisotopic (exact) mass is 252 g/mol. The van der Waals surface area contributed by atoms with Gasteiger partial charge in [0.05, 0.1) is 18.9 Å². The van der Waals surface area contributed by atoms with Gasteiger partial charge in [-0.1, -0.05) is 5.16 Å². The first-order chi connectivity index (χ1) is 8.69. The van der Waals surface area contributed by atoms with Gasteiger partial charge in [0.2, 0.25) is 0 Å². The van der Waals surface area contributed by atoms with E-state index in [1.807, 2.05) is 0 Å². The minimum Gasteiger partial charge on any atom is -0.399 e. The normalized spacial score (nSPS) is 11.6. The van der Waals surface area contributed by atoms with Gasteiger partial charge in [-0.3, -0.25) is 15.1 Å². The summed E-state index contributed by atoms with van der Waals surface area (Å²) in [5.74, 6) is -0.738. The van der Waals surface area contributed by atoms with Gasteiger partial charge in [0.1, 0.15) is 12.9 Å². The number of carbonyl (C=O) groups is 1. The van der Waals surface area contributed by atoms with Crippen molar-refractivity contribution < 1.29 is 18.9 Å². The molecule has 0 spiro atoms. The molecule has 5 nitrogen and oxygen atoms in total. The second-order valence-corrected chi connectivity index (χ2v) is 3.17. The quantitative estimate of drug-likeness (QED) is 0.362. The van der Waals surface area contributed by atoms with E-state index in [0.29, 0.717) is 5.56 Å². The van der Waals surface area contributed by atoms with Crippen molar-refractivity contribution in [3.05, 3.63) is 47.4 Å².